The fourth-order valence-electron chi connectivity index (χ4n) is 1.60. The molecule has 0 saturated heterocycles. The molecule has 1 aliphatic heterocycles. The molecule has 1 atom stereocenters. The van der Waals surface area contributed by atoms with Crippen molar-refractivity contribution in [2.45, 2.75) is 17.9 Å². The van der Waals surface area contributed by atoms with Crippen LogP contribution in [-0.2, 0) is 14.8 Å². The van der Waals surface area contributed by atoms with Gasteiger partial charge in [0, 0.05) is 12.1 Å². The molecule has 1 aromatic rings. The number of carboxylic acid groups (broad SMARTS) is 1. The summed E-state index contributed by atoms with van der Waals surface area (Å²) in [6, 6.07) is 1.27. The van der Waals surface area contributed by atoms with E-state index >= 15 is 0 Å². The van der Waals surface area contributed by atoms with Gasteiger partial charge in [-0.25, -0.2) is 8.42 Å². The second-order valence-corrected chi connectivity index (χ2v) is 6.20. The Morgan fingerprint density at radius 2 is 1.90 bits per heavy atom. The quantitative estimate of drug-likeness (QED) is 0.853. The summed E-state index contributed by atoms with van der Waals surface area (Å²) in [6.45, 7) is 1.86. The first-order chi connectivity index (χ1) is 9.31. The molecule has 0 spiro atoms. The highest BCUT2D eigenvalue weighted by atomic mass is 35.5. The molecule has 0 saturated carbocycles. The Balaban J connectivity index is 2.39. The molecule has 0 aromatic heterocycles. The Morgan fingerprint density at radius 1 is 1.35 bits per heavy atom. The summed E-state index contributed by atoms with van der Waals surface area (Å²) in [7, 11) is -4.07. The fraction of sp³-hybridized carbons (Fsp3) is 0.364. The van der Waals surface area contributed by atoms with Crippen molar-refractivity contribution in [2.24, 2.45) is 0 Å². The maximum Gasteiger partial charge on any atom is 0.321 e. The average Bonchev–Trinajstić information content (AvgIpc) is 2.37. The van der Waals surface area contributed by atoms with Gasteiger partial charge in [-0.15, -0.1) is 0 Å². The molecule has 20 heavy (non-hydrogen) atoms. The number of sulfonamides is 1. The van der Waals surface area contributed by atoms with Gasteiger partial charge in [0.1, 0.15) is 24.2 Å². The van der Waals surface area contributed by atoms with Crippen LogP contribution in [0.25, 0.3) is 0 Å². The lowest BCUT2D eigenvalue weighted by Gasteiger charge is -2.20. The van der Waals surface area contributed by atoms with Gasteiger partial charge >= 0.3 is 5.97 Å². The van der Waals surface area contributed by atoms with Gasteiger partial charge in [-0.05, 0) is 6.92 Å². The van der Waals surface area contributed by atoms with E-state index in [4.69, 9.17) is 26.2 Å². The van der Waals surface area contributed by atoms with Crippen molar-refractivity contribution in [2.75, 3.05) is 13.2 Å². The number of hydrogen-bond acceptors (Lipinski definition) is 5. The number of carbonyl (C=O) groups is 1. The summed E-state index contributed by atoms with van der Waals surface area (Å²) < 4.78 is 36.8. The van der Waals surface area contributed by atoms with Crippen molar-refractivity contribution in [1.29, 1.82) is 0 Å². The minimum Gasteiger partial charge on any atom is -0.486 e. The maximum atomic E-state index is 12.1. The number of carboxylic acids is 1. The Bertz CT molecular complexity index is 645. The van der Waals surface area contributed by atoms with Gasteiger partial charge in [0.2, 0.25) is 10.0 Å². The van der Waals surface area contributed by atoms with Crippen LogP contribution in [0.3, 0.4) is 0 Å². The summed E-state index contributed by atoms with van der Waals surface area (Å²) >= 11 is 5.91. The van der Waals surface area contributed by atoms with Crippen LogP contribution < -0.4 is 14.2 Å². The van der Waals surface area contributed by atoms with Gasteiger partial charge in [0.25, 0.3) is 0 Å². The predicted octanol–water partition coefficient (Wildman–Crippen LogP) is 0.863. The highest BCUT2D eigenvalue weighted by molar-refractivity contribution is 7.89. The zero-order valence-corrected chi connectivity index (χ0v) is 12.0. The molecule has 2 N–H and O–H groups in total. The van der Waals surface area contributed by atoms with E-state index in [1.807, 2.05) is 4.72 Å². The molecule has 1 aliphatic rings. The molecule has 0 bridgehead atoms. The van der Waals surface area contributed by atoms with Crippen LogP contribution in [0.2, 0.25) is 5.02 Å². The summed E-state index contributed by atoms with van der Waals surface area (Å²) in [5, 5.41) is 8.68. The van der Waals surface area contributed by atoms with Gasteiger partial charge in [-0.1, -0.05) is 11.6 Å². The van der Waals surface area contributed by atoms with Crippen molar-refractivity contribution in [3.63, 3.8) is 0 Å². The van der Waals surface area contributed by atoms with Crippen molar-refractivity contribution >= 4 is 27.6 Å². The highest BCUT2D eigenvalue weighted by Crippen LogP contribution is 2.37. The highest BCUT2D eigenvalue weighted by Gasteiger charge is 2.26. The average molecular weight is 322 g/mol. The van der Waals surface area contributed by atoms with Crippen LogP contribution in [0.5, 0.6) is 11.5 Å². The van der Waals surface area contributed by atoms with Crippen molar-refractivity contribution in [3.8, 4) is 11.5 Å². The molecule has 0 amide bonds. The van der Waals surface area contributed by atoms with Crippen molar-refractivity contribution in [3.05, 3.63) is 17.2 Å². The number of benzene rings is 1. The van der Waals surface area contributed by atoms with E-state index in [1.165, 1.54) is 19.1 Å². The van der Waals surface area contributed by atoms with Crippen LogP contribution >= 0.6 is 11.6 Å². The number of ether oxygens (including phenoxy) is 2. The molecule has 9 heteroatoms. The largest absolute Gasteiger partial charge is 0.486 e. The number of nitrogens with one attached hydrogen (secondary N) is 1. The van der Waals surface area contributed by atoms with E-state index < -0.39 is 22.0 Å². The first kappa shape index (κ1) is 14.9. The molecule has 1 aromatic carbocycles. The Hall–Kier alpha value is -1.51. The third kappa shape index (κ3) is 2.97. The normalized spacial score (nSPS) is 15.7. The smallest absolute Gasteiger partial charge is 0.321 e. The molecule has 2 rings (SSSR count). The van der Waals surface area contributed by atoms with E-state index in [-0.39, 0.29) is 15.7 Å². The lowest BCUT2D eigenvalue weighted by atomic mass is 10.3. The van der Waals surface area contributed by atoms with Crippen LogP contribution in [0.4, 0.5) is 0 Å². The Morgan fingerprint density at radius 3 is 2.45 bits per heavy atom. The van der Waals surface area contributed by atoms with Gasteiger partial charge in [0.05, 0.1) is 5.02 Å². The number of rotatable bonds is 4. The van der Waals surface area contributed by atoms with E-state index in [9.17, 15) is 13.2 Å². The number of fused-ring (bicyclic) bond motifs is 1. The predicted molar refractivity (Wildman–Crippen MR) is 69.9 cm³/mol. The SMILES string of the molecule is C[C@@H](NS(=O)(=O)c1cc2c(cc1Cl)OCCO2)C(=O)O. The summed E-state index contributed by atoms with van der Waals surface area (Å²) in [5.74, 6) is -0.683. The standard InChI is InChI=1S/C11H12ClNO6S/c1-6(11(14)15)13-20(16,17)10-5-9-8(4-7(10)12)18-2-3-19-9/h4-6,13H,2-3H2,1H3,(H,14,15)/t6-/m1/s1. The van der Waals surface area contributed by atoms with Gasteiger partial charge < -0.3 is 14.6 Å². The fourth-order valence-corrected chi connectivity index (χ4v) is 3.33. The van der Waals surface area contributed by atoms with E-state index in [0.29, 0.717) is 19.0 Å². The second-order valence-electron chi connectivity index (χ2n) is 4.11. The molecule has 110 valence electrons. The first-order valence-corrected chi connectivity index (χ1v) is 7.51. The molecule has 0 fully saturated rings. The Labute approximate surface area is 120 Å². The monoisotopic (exact) mass is 321 g/mol. The molecule has 0 radical (unpaired) electrons. The summed E-state index contributed by atoms with van der Waals surface area (Å²) in [6.07, 6.45) is 0. The number of hydrogen-bond donors (Lipinski definition) is 2. The number of aliphatic carboxylic acids is 1. The molecule has 1 heterocycles. The minimum absolute atomic E-state index is 0.0701. The second kappa shape index (κ2) is 5.47. The van der Waals surface area contributed by atoms with Gasteiger partial charge in [0.15, 0.2) is 11.5 Å². The molecule has 0 aliphatic carbocycles. The summed E-state index contributed by atoms with van der Waals surface area (Å²) in [5.41, 5.74) is 0. The first-order valence-electron chi connectivity index (χ1n) is 5.65. The van der Waals surface area contributed by atoms with Crippen LogP contribution in [0.1, 0.15) is 6.92 Å². The number of halogens is 1. The van der Waals surface area contributed by atoms with Crippen molar-refractivity contribution < 1.29 is 27.8 Å². The maximum absolute atomic E-state index is 12.1. The van der Waals surface area contributed by atoms with E-state index in [0.717, 1.165) is 0 Å². The molecular weight excluding hydrogens is 310 g/mol. The molecule has 0 unspecified atom stereocenters. The van der Waals surface area contributed by atoms with Crippen molar-refractivity contribution in [1.82, 2.24) is 4.72 Å². The van der Waals surface area contributed by atoms with Crippen LogP contribution in [0, 0.1) is 0 Å². The third-order valence-corrected chi connectivity index (χ3v) is 4.59. The van der Waals surface area contributed by atoms with Crippen LogP contribution in [-0.4, -0.2) is 38.7 Å². The zero-order valence-electron chi connectivity index (χ0n) is 10.4. The lowest BCUT2D eigenvalue weighted by Crippen LogP contribution is -2.38. The third-order valence-electron chi connectivity index (χ3n) is 2.59. The lowest BCUT2D eigenvalue weighted by molar-refractivity contribution is -0.138. The zero-order chi connectivity index (χ0) is 14.9. The Kier molecular flexibility index (Phi) is 4.07. The summed E-state index contributed by atoms with van der Waals surface area (Å²) in [4.78, 5) is 10.5. The van der Waals surface area contributed by atoms with Gasteiger partial charge in [-0.2, -0.15) is 4.72 Å². The minimum atomic E-state index is -4.07. The van der Waals surface area contributed by atoms with E-state index in [2.05, 4.69) is 0 Å². The van der Waals surface area contributed by atoms with Crippen LogP contribution in [0.15, 0.2) is 17.0 Å². The van der Waals surface area contributed by atoms with Gasteiger partial charge in [-0.3, -0.25) is 4.79 Å². The van der Waals surface area contributed by atoms with E-state index in [1.54, 1.807) is 0 Å². The topological polar surface area (TPSA) is 102 Å². The molecular formula is C11H12ClNO6S. The molecule has 7 nitrogen and oxygen atoms in total.